The van der Waals surface area contributed by atoms with Gasteiger partial charge in [0.25, 0.3) is 0 Å². The molecule has 0 fully saturated rings. The highest BCUT2D eigenvalue weighted by Gasteiger charge is 2.39. The minimum Gasteiger partial charge on any atom is -0.481 e. The SMILES string of the molecule is CC(=O)Oc1cc(F)c2c(c1)B(O)OC2CC(=O)O. The fourth-order valence-corrected chi connectivity index (χ4v) is 1.99. The van der Waals surface area contributed by atoms with Gasteiger partial charge in [-0.1, -0.05) is 0 Å². The Morgan fingerprint density at radius 1 is 1.53 bits per heavy atom. The maximum Gasteiger partial charge on any atom is 0.492 e. The van der Waals surface area contributed by atoms with Crippen molar-refractivity contribution < 1.29 is 33.5 Å². The first-order valence-electron chi connectivity index (χ1n) is 5.45. The Bertz CT molecular complexity index is 546. The molecule has 100 valence electrons. The molecular weight excluding hydrogens is 258 g/mol. The summed E-state index contributed by atoms with van der Waals surface area (Å²) < 4.78 is 23.6. The Morgan fingerprint density at radius 2 is 2.21 bits per heavy atom. The quantitative estimate of drug-likeness (QED) is 0.454. The van der Waals surface area contributed by atoms with Crippen LogP contribution < -0.4 is 10.2 Å². The number of hydrogen-bond donors (Lipinski definition) is 2. The lowest BCUT2D eigenvalue weighted by Crippen LogP contribution is -2.28. The van der Waals surface area contributed by atoms with E-state index < -0.39 is 37.4 Å². The zero-order valence-electron chi connectivity index (χ0n) is 9.92. The number of esters is 1. The van der Waals surface area contributed by atoms with Gasteiger partial charge in [-0.05, 0) is 11.5 Å². The van der Waals surface area contributed by atoms with Gasteiger partial charge in [0.15, 0.2) is 0 Å². The van der Waals surface area contributed by atoms with Gasteiger partial charge >= 0.3 is 19.1 Å². The summed E-state index contributed by atoms with van der Waals surface area (Å²) in [6.45, 7) is 1.16. The van der Waals surface area contributed by atoms with E-state index in [-0.39, 0.29) is 16.8 Å². The van der Waals surface area contributed by atoms with E-state index in [0.717, 1.165) is 13.0 Å². The predicted octanol–water partition coefficient (Wildman–Crippen LogP) is -0.0155. The highest BCUT2D eigenvalue weighted by molar-refractivity contribution is 6.61. The second kappa shape index (κ2) is 4.98. The van der Waals surface area contributed by atoms with Crippen LogP contribution in [0.15, 0.2) is 12.1 Å². The Hall–Kier alpha value is -1.93. The van der Waals surface area contributed by atoms with Gasteiger partial charge in [-0.3, -0.25) is 9.59 Å². The summed E-state index contributed by atoms with van der Waals surface area (Å²) in [4.78, 5) is 21.4. The van der Waals surface area contributed by atoms with Gasteiger partial charge in [0, 0.05) is 18.6 Å². The van der Waals surface area contributed by atoms with Crippen LogP contribution in [0.3, 0.4) is 0 Å². The molecule has 1 aromatic carbocycles. The summed E-state index contributed by atoms with van der Waals surface area (Å²) >= 11 is 0. The minimum absolute atomic E-state index is 0.0224. The summed E-state index contributed by atoms with van der Waals surface area (Å²) in [6, 6.07) is 2.21. The monoisotopic (exact) mass is 268 g/mol. The van der Waals surface area contributed by atoms with Gasteiger partial charge in [0.1, 0.15) is 11.6 Å². The van der Waals surface area contributed by atoms with Crippen LogP contribution in [0, 0.1) is 5.82 Å². The lowest BCUT2D eigenvalue weighted by atomic mass is 9.79. The number of carbonyl (C=O) groups is 2. The van der Waals surface area contributed by atoms with Gasteiger partial charge in [-0.15, -0.1) is 0 Å². The van der Waals surface area contributed by atoms with Crippen LogP contribution in [0.5, 0.6) is 5.75 Å². The van der Waals surface area contributed by atoms with Crippen molar-refractivity contribution in [1.82, 2.24) is 0 Å². The van der Waals surface area contributed by atoms with E-state index in [1.165, 1.54) is 6.07 Å². The van der Waals surface area contributed by atoms with E-state index in [2.05, 4.69) is 0 Å². The molecule has 1 unspecified atom stereocenters. The Labute approximate surface area is 107 Å². The van der Waals surface area contributed by atoms with Gasteiger partial charge in [-0.25, -0.2) is 4.39 Å². The van der Waals surface area contributed by atoms with Crippen LogP contribution >= 0.6 is 0 Å². The molecule has 2 N–H and O–H groups in total. The molecule has 19 heavy (non-hydrogen) atoms. The molecule has 0 saturated carbocycles. The van der Waals surface area contributed by atoms with Crippen molar-refractivity contribution in [3.05, 3.63) is 23.5 Å². The second-order valence-corrected chi connectivity index (χ2v) is 4.08. The highest BCUT2D eigenvalue weighted by Crippen LogP contribution is 2.31. The molecule has 0 bridgehead atoms. The van der Waals surface area contributed by atoms with Gasteiger partial charge in [0.2, 0.25) is 0 Å². The van der Waals surface area contributed by atoms with Gasteiger partial charge < -0.3 is 19.5 Å². The number of benzene rings is 1. The summed E-state index contributed by atoms with van der Waals surface area (Å²) in [5, 5.41) is 18.3. The van der Waals surface area contributed by atoms with Gasteiger partial charge in [-0.2, -0.15) is 0 Å². The number of carbonyl (C=O) groups excluding carboxylic acids is 1. The molecule has 8 heteroatoms. The number of hydrogen-bond acceptors (Lipinski definition) is 5. The minimum atomic E-state index is -1.44. The van der Waals surface area contributed by atoms with E-state index in [1.54, 1.807) is 0 Å². The van der Waals surface area contributed by atoms with E-state index in [1.807, 2.05) is 0 Å². The lowest BCUT2D eigenvalue weighted by molar-refractivity contribution is -0.139. The molecule has 0 spiro atoms. The number of ether oxygens (including phenoxy) is 1. The lowest BCUT2D eigenvalue weighted by Gasteiger charge is -2.10. The first kappa shape index (κ1) is 13.5. The first-order valence-corrected chi connectivity index (χ1v) is 5.45. The molecule has 0 amide bonds. The number of rotatable bonds is 3. The zero-order chi connectivity index (χ0) is 14.2. The largest absolute Gasteiger partial charge is 0.492 e. The summed E-state index contributed by atoms with van der Waals surface area (Å²) in [5.41, 5.74) is 0.0494. The number of carboxylic acids is 1. The number of aliphatic carboxylic acids is 1. The zero-order valence-corrected chi connectivity index (χ0v) is 9.92. The summed E-state index contributed by atoms with van der Waals surface area (Å²) in [5.74, 6) is -2.65. The van der Waals surface area contributed by atoms with Crippen LogP contribution in [0.2, 0.25) is 0 Å². The highest BCUT2D eigenvalue weighted by atomic mass is 19.1. The average molecular weight is 268 g/mol. The maximum atomic E-state index is 13.9. The van der Waals surface area contributed by atoms with Crippen LogP contribution in [-0.2, 0) is 14.2 Å². The molecule has 0 radical (unpaired) electrons. The molecule has 1 atom stereocenters. The summed E-state index contributed by atoms with van der Waals surface area (Å²) in [6.07, 6.45) is -1.53. The van der Waals surface area contributed by atoms with Crippen molar-refractivity contribution in [1.29, 1.82) is 0 Å². The number of fused-ring (bicyclic) bond motifs is 1. The molecule has 0 aliphatic carbocycles. The molecule has 1 aromatic rings. The summed E-state index contributed by atoms with van der Waals surface area (Å²) in [7, 11) is -1.44. The molecule has 1 aliphatic rings. The van der Waals surface area contributed by atoms with E-state index in [9.17, 15) is 19.0 Å². The Kier molecular flexibility index (Phi) is 3.54. The smallest absolute Gasteiger partial charge is 0.481 e. The third-order valence-corrected chi connectivity index (χ3v) is 2.64. The first-order chi connectivity index (χ1) is 8.88. The topological polar surface area (TPSA) is 93.1 Å². The molecule has 0 saturated heterocycles. The van der Waals surface area contributed by atoms with Crippen molar-refractivity contribution in [3.8, 4) is 5.75 Å². The van der Waals surface area contributed by atoms with Crippen molar-refractivity contribution in [2.75, 3.05) is 0 Å². The van der Waals surface area contributed by atoms with Crippen LogP contribution in [0.25, 0.3) is 0 Å². The average Bonchev–Trinajstić information content (AvgIpc) is 2.54. The molecule has 1 heterocycles. The molecule has 1 aliphatic heterocycles. The molecule has 6 nitrogen and oxygen atoms in total. The standard InChI is InChI=1S/C11H10BFO6/c1-5(14)18-6-2-7-11(8(13)3-6)9(4-10(15)16)19-12(7)17/h2-3,9,17H,4H2,1H3,(H,15,16). The predicted molar refractivity (Wildman–Crippen MR) is 61.4 cm³/mol. The fraction of sp³-hybridized carbons (Fsp3) is 0.273. The number of carboxylic acid groups (broad SMARTS) is 1. The third kappa shape index (κ3) is 2.74. The van der Waals surface area contributed by atoms with E-state index in [0.29, 0.717) is 0 Å². The van der Waals surface area contributed by atoms with Crippen molar-refractivity contribution in [2.24, 2.45) is 0 Å². The van der Waals surface area contributed by atoms with Gasteiger partial charge in [0.05, 0.1) is 12.5 Å². The van der Waals surface area contributed by atoms with Crippen LogP contribution in [0.4, 0.5) is 4.39 Å². The van der Waals surface area contributed by atoms with Crippen molar-refractivity contribution in [3.63, 3.8) is 0 Å². The number of halogens is 1. The maximum absolute atomic E-state index is 13.9. The van der Waals surface area contributed by atoms with Crippen molar-refractivity contribution >= 4 is 24.5 Å². The molecular formula is C11H10BFO6. The van der Waals surface area contributed by atoms with E-state index in [4.69, 9.17) is 14.5 Å². The van der Waals surface area contributed by atoms with E-state index >= 15 is 0 Å². The second-order valence-electron chi connectivity index (χ2n) is 4.08. The third-order valence-electron chi connectivity index (χ3n) is 2.64. The molecule has 0 aromatic heterocycles. The molecule has 2 rings (SSSR count). The van der Waals surface area contributed by atoms with Crippen LogP contribution in [0.1, 0.15) is 25.0 Å². The Morgan fingerprint density at radius 3 is 2.79 bits per heavy atom. The normalized spacial score (nSPS) is 17.2. The fourth-order valence-electron chi connectivity index (χ4n) is 1.99. The Balaban J connectivity index is 2.39. The van der Waals surface area contributed by atoms with Crippen LogP contribution in [-0.4, -0.2) is 29.2 Å². The van der Waals surface area contributed by atoms with Crippen molar-refractivity contribution in [2.45, 2.75) is 19.4 Å².